The maximum atomic E-state index is 10.5. The van der Waals surface area contributed by atoms with Crippen molar-refractivity contribution in [3.05, 3.63) is 34.4 Å². The van der Waals surface area contributed by atoms with E-state index in [4.69, 9.17) is 9.79 Å². The van der Waals surface area contributed by atoms with E-state index >= 15 is 0 Å². The van der Waals surface area contributed by atoms with Crippen LogP contribution >= 0.6 is 20.0 Å². The molecule has 0 saturated heterocycles. The molecule has 10 heteroatoms. The number of rotatable bonds is 3. The molecule has 0 aliphatic rings. The number of thiocarbonyl (C=S) groups is 1. The Balaban J connectivity index is 2.67. The molecular formula is C7H8N3O5PS. The molecule has 4 N–H and O–H groups in total. The van der Waals surface area contributed by atoms with Gasteiger partial charge in [0, 0.05) is 17.8 Å². The second-order valence-electron chi connectivity index (χ2n) is 2.91. The van der Waals surface area contributed by atoms with Gasteiger partial charge in [-0.3, -0.25) is 15.2 Å². The fraction of sp³-hybridized carbons (Fsp3) is 0. The van der Waals surface area contributed by atoms with Crippen molar-refractivity contribution in [1.82, 2.24) is 5.09 Å². The zero-order valence-corrected chi connectivity index (χ0v) is 9.94. The molecule has 1 aromatic rings. The maximum Gasteiger partial charge on any atom is 0.429 e. The van der Waals surface area contributed by atoms with Gasteiger partial charge in [0.05, 0.1) is 4.92 Å². The van der Waals surface area contributed by atoms with Gasteiger partial charge in [0.2, 0.25) is 0 Å². The van der Waals surface area contributed by atoms with Gasteiger partial charge in [-0.1, -0.05) is 0 Å². The van der Waals surface area contributed by atoms with Crippen LogP contribution in [0, 0.1) is 10.1 Å². The van der Waals surface area contributed by atoms with E-state index < -0.39 is 12.7 Å². The summed E-state index contributed by atoms with van der Waals surface area (Å²) < 4.78 is 10.5. The Morgan fingerprint density at radius 1 is 1.35 bits per heavy atom. The molecule has 8 nitrogen and oxygen atoms in total. The molecule has 0 spiro atoms. The number of nitrogens with one attached hydrogen (secondary N) is 2. The first-order valence-electron chi connectivity index (χ1n) is 4.17. The SMILES string of the molecule is O=[N+]([O-])c1ccc(NC(=S)NP(=O)(O)O)cc1. The number of hydrogen-bond donors (Lipinski definition) is 4. The van der Waals surface area contributed by atoms with Crippen molar-refractivity contribution in [2.24, 2.45) is 0 Å². The van der Waals surface area contributed by atoms with Gasteiger partial charge >= 0.3 is 7.75 Å². The van der Waals surface area contributed by atoms with E-state index in [1.54, 1.807) is 5.09 Å². The molecule has 0 unspecified atom stereocenters. The predicted molar refractivity (Wildman–Crippen MR) is 64.5 cm³/mol. The maximum absolute atomic E-state index is 10.5. The Morgan fingerprint density at radius 3 is 2.29 bits per heavy atom. The Kier molecular flexibility index (Phi) is 4.13. The van der Waals surface area contributed by atoms with Gasteiger partial charge in [-0.2, -0.15) is 0 Å². The highest BCUT2D eigenvalue weighted by atomic mass is 32.1. The van der Waals surface area contributed by atoms with E-state index in [0.717, 1.165) is 0 Å². The molecule has 0 aliphatic heterocycles. The molecular weight excluding hydrogens is 269 g/mol. The summed E-state index contributed by atoms with van der Waals surface area (Å²) in [6, 6.07) is 5.21. The molecule has 0 bridgehead atoms. The zero-order valence-electron chi connectivity index (χ0n) is 8.23. The Labute approximate surface area is 101 Å². The average molecular weight is 277 g/mol. The molecule has 92 valence electrons. The van der Waals surface area contributed by atoms with E-state index in [1.807, 2.05) is 0 Å². The minimum atomic E-state index is -4.45. The lowest BCUT2D eigenvalue weighted by Gasteiger charge is -2.10. The van der Waals surface area contributed by atoms with E-state index in [-0.39, 0.29) is 10.8 Å². The van der Waals surface area contributed by atoms with Crippen molar-refractivity contribution in [2.75, 3.05) is 5.32 Å². The molecule has 0 amide bonds. The number of nitro benzene ring substituents is 1. The molecule has 1 rings (SSSR count). The van der Waals surface area contributed by atoms with E-state index in [0.29, 0.717) is 5.69 Å². The molecule has 1 aromatic carbocycles. The first kappa shape index (κ1) is 13.5. The standard InChI is InChI=1S/C7H8N3O5PS/c11-10(12)6-3-1-5(2-4-6)8-7(17)9-16(13,14)15/h1-4H,(H4,8,9,13,14,15,17). The monoisotopic (exact) mass is 277 g/mol. The number of nitrogens with zero attached hydrogens (tertiary/aromatic N) is 1. The Morgan fingerprint density at radius 2 is 1.88 bits per heavy atom. The minimum Gasteiger partial charge on any atom is -0.332 e. The fourth-order valence-electron chi connectivity index (χ4n) is 0.958. The van der Waals surface area contributed by atoms with Crippen LogP contribution in [0.2, 0.25) is 0 Å². The van der Waals surface area contributed by atoms with Gasteiger partial charge in [0.25, 0.3) is 5.69 Å². The highest BCUT2D eigenvalue weighted by Gasteiger charge is 2.14. The third-order valence-electron chi connectivity index (χ3n) is 1.58. The van der Waals surface area contributed by atoms with Crippen LogP contribution in [0.25, 0.3) is 0 Å². The lowest BCUT2D eigenvalue weighted by molar-refractivity contribution is -0.384. The normalized spacial score (nSPS) is 10.7. The molecule has 0 atom stereocenters. The second-order valence-corrected chi connectivity index (χ2v) is 4.63. The van der Waals surface area contributed by atoms with Crippen molar-refractivity contribution in [3.63, 3.8) is 0 Å². The quantitative estimate of drug-likeness (QED) is 0.279. The van der Waals surface area contributed by atoms with Crippen LogP contribution in [0.1, 0.15) is 0 Å². The van der Waals surface area contributed by atoms with Crippen LogP contribution in [0.15, 0.2) is 24.3 Å². The molecule has 0 aromatic heterocycles. The summed E-state index contributed by atoms with van der Waals surface area (Å²) in [5.74, 6) is 0. The third-order valence-corrected chi connectivity index (χ3v) is 2.45. The molecule has 0 heterocycles. The minimum absolute atomic E-state index is 0.0931. The first-order chi connectivity index (χ1) is 7.78. The summed E-state index contributed by atoms with van der Waals surface area (Å²) in [6.07, 6.45) is 0. The predicted octanol–water partition coefficient (Wildman–Crippen LogP) is 0.974. The van der Waals surface area contributed by atoms with E-state index in [9.17, 15) is 14.7 Å². The highest BCUT2D eigenvalue weighted by Crippen LogP contribution is 2.28. The van der Waals surface area contributed by atoms with Crippen LogP contribution in [-0.4, -0.2) is 19.8 Å². The molecule has 0 aliphatic carbocycles. The number of benzene rings is 1. The van der Waals surface area contributed by atoms with Crippen LogP contribution in [-0.2, 0) is 4.57 Å². The van der Waals surface area contributed by atoms with Crippen LogP contribution in [0.4, 0.5) is 11.4 Å². The van der Waals surface area contributed by atoms with Gasteiger partial charge in [-0.25, -0.2) is 4.57 Å². The fourth-order valence-corrected chi connectivity index (χ4v) is 1.75. The van der Waals surface area contributed by atoms with Gasteiger partial charge in [-0.15, -0.1) is 0 Å². The lowest BCUT2D eigenvalue weighted by atomic mass is 10.3. The molecule has 0 radical (unpaired) electrons. The number of non-ortho nitro benzene ring substituents is 1. The summed E-state index contributed by atoms with van der Waals surface area (Å²) in [5.41, 5.74) is 0.283. The molecule has 0 saturated carbocycles. The number of hydrogen-bond acceptors (Lipinski definition) is 4. The van der Waals surface area contributed by atoms with Gasteiger partial charge in [0.1, 0.15) is 0 Å². The zero-order chi connectivity index (χ0) is 13.1. The van der Waals surface area contributed by atoms with Gasteiger partial charge < -0.3 is 15.1 Å². The van der Waals surface area contributed by atoms with E-state index in [2.05, 4.69) is 17.5 Å². The van der Waals surface area contributed by atoms with Crippen LogP contribution in [0.3, 0.4) is 0 Å². The largest absolute Gasteiger partial charge is 0.429 e. The summed E-state index contributed by atoms with van der Waals surface area (Å²) in [4.78, 5) is 26.9. The second kappa shape index (κ2) is 5.19. The summed E-state index contributed by atoms with van der Waals surface area (Å²) in [7, 11) is -4.45. The average Bonchev–Trinajstić information content (AvgIpc) is 2.15. The lowest BCUT2D eigenvalue weighted by Crippen LogP contribution is -2.25. The smallest absolute Gasteiger partial charge is 0.332 e. The topological polar surface area (TPSA) is 125 Å². The first-order valence-corrected chi connectivity index (χ1v) is 6.19. The number of nitro groups is 1. The van der Waals surface area contributed by atoms with E-state index in [1.165, 1.54) is 24.3 Å². The van der Waals surface area contributed by atoms with Gasteiger partial charge in [0.15, 0.2) is 5.11 Å². The van der Waals surface area contributed by atoms with Crippen LogP contribution in [0.5, 0.6) is 0 Å². The summed E-state index contributed by atoms with van der Waals surface area (Å²) in [6.45, 7) is 0. The van der Waals surface area contributed by atoms with Crippen molar-refractivity contribution in [1.29, 1.82) is 0 Å². The van der Waals surface area contributed by atoms with Crippen LogP contribution < -0.4 is 10.4 Å². The Hall–Kier alpha value is -1.54. The van der Waals surface area contributed by atoms with Crippen molar-refractivity contribution >= 4 is 36.5 Å². The van der Waals surface area contributed by atoms with Gasteiger partial charge in [-0.05, 0) is 24.4 Å². The van der Waals surface area contributed by atoms with Crippen molar-refractivity contribution in [3.8, 4) is 0 Å². The molecule has 0 fully saturated rings. The third kappa shape index (κ3) is 4.87. The summed E-state index contributed by atoms with van der Waals surface area (Å²) in [5, 5.41) is 14.3. The summed E-state index contributed by atoms with van der Waals surface area (Å²) >= 11 is 4.62. The Bertz CT molecular complexity index is 485. The highest BCUT2D eigenvalue weighted by molar-refractivity contribution is 7.81. The number of anilines is 1. The molecule has 17 heavy (non-hydrogen) atoms. The van der Waals surface area contributed by atoms with Crippen molar-refractivity contribution < 1.29 is 19.3 Å². The van der Waals surface area contributed by atoms with Crippen molar-refractivity contribution in [2.45, 2.75) is 0 Å².